The highest BCUT2D eigenvalue weighted by atomic mass is 16.6. The monoisotopic (exact) mass is 429 g/mol. The van der Waals surface area contributed by atoms with E-state index in [1.54, 1.807) is 33.9 Å². The molecular formula is C25H39N3O3. The van der Waals surface area contributed by atoms with E-state index < -0.39 is 17.2 Å². The molecule has 6 nitrogen and oxygen atoms in total. The third-order valence-corrected chi connectivity index (χ3v) is 5.28. The minimum Gasteiger partial charge on any atom is -0.444 e. The molecule has 0 saturated carbocycles. The number of aryl methyl sites for hydroxylation is 1. The number of hydrogen-bond donors (Lipinski definition) is 3. The zero-order chi connectivity index (χ0) is 22.9. The minimum atomic E-state index is -1.07. The van der Waals surface area contributed by atoms with Crippen LogP contribution in [0.5, 0.6) is 0 Å². The Hall–Kier alpha value is -2.34. The third-order valence-electron chi connectivity index (χ3n) is 5.28. The van der Waals surface area contributed by atoms with E-state index in [-0.39, 0.29) is 6.61 Å². The molecule has 31 heavy (non-hydrogen) atoms. The lowest BCUT2D eigenvalue weighted by atomic mass is 10.0. The van der Waals surface area contributed by atoms with E-state index in [2.05, 4.69) is 46.5 Å². The number of ether oxygens (including phenoxy) is 1. The fourth-order valence-electron chi connectivity index (χ4n) is 3.41. The second-order valence-electron chi connectivity index (χ2n) is 9.48. The number of carbonyl (C=O) groups is 1. The van der Waals surface area contributed by atoms with Crippen LogP contribution in [0, 0.1) is 0 Å². The zero-order valence-electron chi connectivity index (χ0n) is 19.8. The molecule has 2 aromatic rings. The molecule has 0 spiro atoms. The van der Waals surface area contributed by atoms with Gasteiger partial charge in [0.15, 0.2) is 0 Å². The summed E-state index contributed by atoms with van der Waals surface area (Å²) in [6.45, 7) is 9.03. The number of nitrogens with one attached hydrogen (secondary N) is 2. The van der Waals surface area contributed by atoms with Crippen molar-refractivity contribution in [3.8, 4) is 11.3 Å². The number of unbranched alkanes of at least 4 members (excludes halogenated alkanes) is 5. The Morgan fingerprint density at radius 3 is 2.32 bits per heavy atom. The Kier molecular flexibility index (Phi) is 9.11. The Morgan fingerprint density at radius 2 is 1.71 bits per heavy atom. The van der Waals surface area contributed by atoms with Crippen LogP contribution in [0.1, 0.15) is 84.5 Å². The molecule has 1 aromatic carbocycles. The molecule has 1 atom stereocenters. The summed E-state index contributed by atoms with van der Waals surface area (Å²) in [7, 11) is 0. The van der Waals surface area contributed by atoms with Crippen LogP contribution in [0.25, 0.3) is 11.3 Å². The number of rotatable bonds is 11. The second kappa shape index (κ2) is 11.3. The standard InChI is InChI=1S/C25H39N3O3/c1-6-7-8-9-10-11-12-19-13-15-20(16-14-19)21-17-26-22(27-21)25(5,18-29)28-23(30)31-24(2,3)4/h13-17,29H,6-12,18H2,1-5H3,(H,26,27)(H,28,30). The zero-order valence-corrected chi connectivity index (χ0v) is 19.8. The third kappa shape index (κ3) is 8.02. The van der Waals surface area contributed by atoms with Gasteiger partial charge in [0, 0.05) is 0 Å². The Morgan fingerprint density at radius 1 is 1.06 bits per heavy atom. The summed E-state index contributed by atoms with van der Waals surface area (Å²) in [4.78, 5) is 19.8. The van der Waals surface area contributed by atoms with Crippen molar-refractivity contribution in [1.82, 2.24) is 15.3 Å². The van der Waals surface area contributed by atoms with Crippen LogP contribution in [-0.2, 0) is 16.7 Å². The molecule has 0 radical (unpaired) electrons. The lowest BCUT2D eigenvalue weighted by Gasteiger charge is -2.28. The van der Waals surface area contributed by atoms with E-state index >= 15 is 0 Å². The van der Waals surface area contributed by atoms with Gasteiger partial charge in [0.25, 0.3) is 0 Å². The first-order valence-electron chi connectivity index (χ1n) is 11.4. The SMILES string of the molecule is CCCCCCCCc1ccc(-c2cnc(C(C)(CO)NC(=O)OC(C)(C)C)[nH]2)cc1. The fourth-order valence-corrected chi connectivity index (χ4v) is 3.41. The van der Waals surface area contributed by atoms with E-state index in [9.17, 15) is 9.90 Å². The molecule has 1 heterocycles. The van der Waals surface area contributed by atoms with Gasteiger partial charge in [-0.3, -0.25) is 0 Å². The number of aliphatic hydroxyl groups excluding tert-OH is 1. The average Bonchev–Trinajstić information content (AvgIpc) is 3.20. The molecule has 1 aromatic heterocycles. The van der Waals surface area contributed by atoms with Crippen LogP contribution in [0.3, 0.4) is 0 Å². The molecule has 3 N–H and O–H groups in total. The van der Waals surface area contributed by atoms with E-state index in [1.807, 2.05) is 0 Å². The van der Waals surface area contributed by atoms with Crippen LogP contribution in [-0.4, -0.2) is 33.4 Å². The van der Waals surface area contributed by atoms with Gasteiger partial charge in [-0.25, -0.2) is 9.78 Å². The van der Waals surface area contributed by atoms with Gasteiger partial charge in [-0.1, -0.05) is 63.3 Å². The van der Waals surface area contributed by atoms with Crippen LogP contribution in [0.2, 0.25) is 0 Å². The molecule has 2 rings (SSSR count). The molecule has 0 aliphatic rings. The summed E-state index contributed by atoms with van der Waals surface area (Å²) in [5.41, 5.74) is 1.50. The van der Waals surface area contributed by atoms with Crippen LogP contribution < -0.4 is 5.32 Å². The number of benzene rings is 1. The number of nitrogens with zero attached hydrogens (tertiary/aromatic N) is 1. The molecule has 0 aliphatic carbocycles. The van der Waals surface area contributed by atoms with Gasteiger partial charge in [-0.15, -0.1) is 0 Å². The summed E-state index contributed by atoms with van der Waals surface area (Å²) in [5, 5.41) is 12.6. The first-order valence-corrected chi connectivity index (χ1v) is 11.4. The summed E-state index contributed by atoms with van der Waals surface area (Å²) in [5.74, 6) is 0.479. The molecule has 172 valence electrons. The molecule has 1 amide bonds. The summed E-state index contributed by atoms with van der Waals surface area (Å²) in [6, 6.07) is 8.49. The van der Waals surface area contributed by atoms with Crippen molar-refractivity contribution in [2.75, 3.05) is 6.61 Å². The number of aliphatic hydroxyl groups is 1. The van der Waals surface area contributed by atoms with Crippen molar-refractivity contribution < 1.29 is 14.6 Å². The van der Waals surface area contributed by atoms with Gasteiger partial charge in [-0.05, 0) is 51.7 Å². The lowest BCUT2D eigenvalue weighted by Crippen LogP contribution is -2.48. The van der Waals surface area contributed by atoms with Crippen molar-refractivity contribution in [2.24, 2.45) is 0 Å². The van der Waals surface area contributed by atoms with E-state index in [4.69, 9.17) is 4.74 Å². The molecular weight excluding hydrogens is 390 g/mol. The van der Waals surface area contributed by atoms with Gasteiger partial charge in [0.2, 0.25) is 0 Å². The Bertz CT molecular complexity index is 808. The van der Waals surface area contributed by atoms with Crippen molar-refractivity contribution in [2.45, 2.75) is 90.7 Å². The number of aromatic amines is 1. The Balaban J connectivity index is 1.98. The first-order chi connectivity index (χ1) is 14.7. The lowest BCUT2D eigenvalue weighted by molar-refractivity contribution is 0.0403. The van der Waals surface area contributed by atoms with E-state index in [1.165, 1.54) is 44.1 Å². The van der Waals surface area contributed by atoms with Crippen LogP contribution >= 0.6 is 0 Å². The molecule has 6 heteroatoms. The molecule has 0 aliphatic heterocycles. The largest absolute Gasteiger partial charge is 0.444 e. The molecule has 0 saturated heterocycles. The summed E-state index contributed by atoms with van der Waals surface area (Å²) in [6.07, 6.45) is 10.0. The predicted octanol–water partition coefficient (Wildman–Crippen LogP) is 5.71. The van der Waals surface area contributed by atoms with Gasteiger partial charge in [0.1, 0.15) is 17.0 Å². The van der Waals surface area contributed by atoms with Gasteiger partial charge in [-0.2, -0.15) is 0 Å². The number of hydrogen-bond acceptors (Lipinski definition) is 4. The van der Waals surface area contributed by atoms with Crippen LogP contribution in [0.4, 0.5) is 4.79 Å². The highest BCUT2D eigenvalue weighted by molar-refractivity contribution is 5.69. The van der Waals surface area contributed by atoms with Crippen molar-refractivity contribution in [1.29, 1.82) is 0 Å². The van der Waals surface area contributed by atoms with Crippen molar-refractivity contribution in [3.05, 3.63) is 41.9 Å². The number of H-pyrrole nitrogens is 1. The number of imidazole rings is 1. The maximum atomic E-state index is 12.2. The minimum absolute atomic E-state index is 0.309. The number of aromatic nitrogens is 2. The smallest absolute Gasteiger partial charge is 0.408 e. The normalized spacial score (nSPS) is 13.6. The van der Waals surface area contributed by atoms with Crippen molar-refractivity contribution in [3.63, 3.8) is 0 Å². The van der Waals surface area contributed by atoms with Gasteiger partial charge >= 0.3 is 6.09 Å². The molecule has 1 unspecified atom stereocenters. The topological polar surface area (TPSA) is 87.2 Å². The maximum absolute atomic E-state index is 12.2. The number of carbonyl (C=O) groups excluding carboxylic acids is 1. The quantitative estimate of drug-likeness (QED) is 0.399. The van der Waals surface area contributed by atoms with Crippen LogP contribution in [0.15, 0.2) is 30.5 Å². The maximum Gasteiger partial charge on any atom is 0.408 e. The summed E-state index contributed by atoms with van der Waals surface area (Å²) < 4.78 is 5.32. The van der Waals surface area contributed by atoms with Gasteiger partial charge < -0.3 is 20.1 Å². The van der Waals surface area contributed by atoms with Gasteiger partial charge in [0.05, 0.1) is 18.5 Å². The highest BCUT2D eigenvalue weighted by Crippen LogP contribution is 2.24. The second-order valence-corrected chi connectivity index (χ2v) is 9.48. The number of amides is 1. The summed E-state index contributed by atoms with van der Waals surface area (Å²) >= 11 is 0. The Labute approximate surface area is 186 Å². The number of alkyl carbamates (subject to hydrolysis) is 1. The van der Waals surface area contributed by atoms with Crippen molar-refractivity contribution >= 4 is 6.09 Å². The highest BCUT2D eigenvalue weighted by Gasteiger charge is 2.33. The first kappa shape index (κ1) is 24.9. The average molecular weight is 430 g/mol. The van der Waals surface area contributed by atoms with E-state index in [0.717, 1.165) is 17.7 Å². The molecule has 0 bridgehead atoms. The fraction of sp³-hybridized carbons (Fsp3) is 0.600. The predicted molar refractivity (Wildman–Crippen MR) is 125 cm³/mol. The van der Waals surface area contributed by atoms with E-state index in [0.29, 0.717) is 5.82 Å². The molecule has 0 fully saturated rings.